The van der Waals surface area contributed by atoms with Gasteiger partial charge in [0.2, 0.25) is 0 Å². The Morgan fingerprint density at radius 3 is 2.85 bits per heavy atom. The highest BCUT2D eigenvalue weighted by Crippen LogP contribution is 2.28. The number of ether oxygens (including phenoxy) is 1. The van der Waals surface area contributed by atoms with Crippen molar-refractivity contribution in [2.75, 3.05) is 39.4 Å². The summed E-state index contributed by atoms with van der Waals surface area (Å²) in [5, 5.41) is 3.66. The van der Waals surface area contributed by atoms with E-state index in [4.69, 9.17) is 4.74 Å². The molecule has 0 spiro atoms. The van der Waals surface area contributed by atoms with Crippen molar-refractivity contribution in [3.63, 3.8) is 0 Å². The van der Waals surface area contributed by atoms with Crippen LogP contribution in [0.15, 0.2) is 30.3 Å². The molecule has 2 aliphatic rings. The lowest BCUT2D eigenvalue weighted by Crippen LogP contribution is -2.33. The minimum Gasteiger partial charge on any atom is -0.380 e. The summed E-state index contributed by atoms with van der Waals surface area (Å²) < 4.78 is 5.78. The molecule has 0 aromatic heterocycles. The van der Waals surface area contributed by atoms with Crippen LogP contribution in [0.25, 0.3) is 0 Å². The van der Waals surface area contributed by atoms with Crippen molar-refractivity contribution in [2.45, 2.75) is 25.3 Å². The van der Waals surface area contributed by atoms with Gasteiger partial charge >= 0.3 is 0 Å². The molecule has 3 heteroatoms. The molecule has 3 rings (SSSR count). The average molecular weight is 274 g/mol. The second-order valence-corrected chi connectivity index (χ2v) is 6.09. The van der Waals surface area contributed by atoms with E-state index < -0.39 is 0 Å². The van der Waals surface area contributed by atoms with Gasteiger partial charge in [0, 0.05) is 25.7 Å². The van der Waals surface area contributed by atoms with E-state index in [1.165, 1.54) is 31.4 Å². The zero-order chi connectivity index (χ0) is 13.6. The van der Waals surface area contributed by atoms with Gasteiger partial charge in [-0.05, 0) is 43.8 Å². The van der Waals surface area contributed by atoms with Gasteiger partial charge in [-0.2, -0.15) is 0 Å². The molecule has 20 heavy (non-hydrogen) atoms. The Bertz CT molecular complexity index is 391. The highest BCUT2D eigenvalue weighted by atomic mass is 16.5. The fourth-order valence-electron chi connectivity index (χ4n) is 2.83. The third-order valence-electron chi connectivity index (χ3n) is 4.29. The van der Waals surface area contributed by atoms with Crippen LogP contribution in [-0.4, -0.2) is 44.3 Å². The van der Waals surface area contributed by atoms with Crippen LogP contribution in [-0.2, 0) is 4.74 Å². The van der Waals surface area contributed by atoms with E-state index in [-0.39, 0.29) is 0 Å². The minimum absolute atomic E-state index is 0.460. The van der Waals surface area contributed by atoms with E-state index in [0.29, 0.717) is 6.04 Å². The molecule has 2 fully saturated rings. The summed E-state index contributed by atoms with van der Waals surface area (Å²) in [5.41, 5.74) is 1.40. The summed E-state index contributed by atoms with van der Waals surface area (Å²) in [4.78, 5) is 2.55. The number of hydrogen-bond donors (Lipinski definition) is 1. The normalized spacial score (nSPS) is 24.5. The van der Waals surface area contributed by atoms with Crippen LogP contribution in [0, 0.1) is 5.92 Å². The summed E-state index contributed by atoms with van der Waals surface area (Å²) in [7, 11) is 0. The molecule has 0 radical (unpaired) electrons. The van der Waals surface area contributed by atoms with Crippen LogP contribution in [0.4, 0.5) is 0 Å². The van der Waals surface area contributed by atoms with Gasteiger partial charge in [0.15, 0.2) is 0 Å². The molecule has 1 heterocycles. The van der Waals surface area contributed by atoms with Crippen LogP contribution in [0.3, 0.4) is 0 Å². The fourth-order valence-corrected chi connectivity index (χ4v) is 2.83. The Labute approximate surface area is 122 Å². The largest absolute Gasteiger partial charge is 0.380 e. The standard InChI is InChI=1S/C17H26N2O/c1-2-5-16(6-3-1)17-13-19(10-4-9-18-17)11-12-20-14-15-7-8-15/h1-3,5-6,15,17-18H,4,7-14H2. The average Bonchev–Trinajstić information content (AvgIpc) is 3.32. The highest BCUT2D eigenvalue weighted by molar-refractivity contribution is 5.19. The summed E-state index contributed by atoms with van der Waals surface area (Å²) in [5.74, 6) is 0.873. The molecule has 0 amide bonds. The molecule has 1 atom stereocenters. The lowest BCUT2D eigenvalue weighted by molar-refractivity contribution is 0.0956. The third-order valence-corrected chi connectivity index (χ3v) is 4.29. The van der Waals surface area contributed by atoms with Crippen LogP contribution >= 0.6 is 0 Å². The number of rotatable bonds is 6. The predicted molar refractivity (Wildman–Crippen MR) is 81.8 cm³/mol. The van der Waals surface area contributed by atoms with Crippen molar-refractivity contribution in [1.29, 1.82) is 0 Å². The van der Waals surface area contributed by atoms with E-state index >= 15 is 0 Å². The number of hydrogen-bond acceptors (Lipinski definition) is 3. The molecule has 1 aromatic carbocycles. The smallest absolute Gasteiger partial charge is 0.0593 e. The summed E-state index contributed by atoms with van der Waals surface area (Å²) in [6.45, 7) is 6.32. The van der Waals surface area contributed by atoms with Gasteiger partial charge in [0.1, 0.15) is 0 Å². The van der Waals surface area contributed by atoms with Gasteiger partial charge in [-0.25, -0.2) is 0 Å². The topological polar surface area (TPSA) is 24.5 Å². The Morgan fingerprint density at radius 2 is 2.05 bits per heavy atom. The molecule has 1 aliphatic carbocycles. The molecule has 0 bridgehead atoms. The van der Waals surface area contributed by atoms with Crippen molar-refractivity contribution in [3.05, 3.63) is 35.9 Å². The van der Waals surface area contributed by atoms with Crippen LogP contribution < -0.4 is 5.32 Å². The lowest BCUT2D eigenvalue weighted by atomic mass is 10.1. The molecule has 1 unspecified atom stereocenters. The summed E-state index contributed by atoms with van der Waals surface area (Å²) >= 11 is 0. The van der Waals surface area contributed by atoms with E-state index in [9.17, 15) is 0 Å². The SMILES string of the molecule is c1ccc(C2CN(CCOCC3CC3)CCCN2)cc1. The minimum atomic E-state index is 0.460. The fraction of sp³-hybridized carbons (Fsp3) is 0.647. The second kappa shape index (κ2) is 7.21. The Balaban J connectivity index is 1.46. The highest BCUT2D eigenvalue weighted by Gasteiger charge is 2.22. The molecule has 1 aromatic rings. The Kier molecular flexibility index (Phi) is 5.06. The first kappa shape index (κ1) is 14.1. The molecular weight excluding hydrogens is 248 g/mol. The first-order valence-electron chi connectivity index (χ1n) is 8.00. The Morgan fingerprint density at radius 1 is 1.20 bits per heavy atom. The number of nitrogens with one attached hydrogen (secondary N) is 1. The van der Waals surface area contributed by atoms with E-state index in [0.717, 1.165) is 38.8 Å². The quantitative estimate of drug-likeness (QED) is 0.807. The van der Waals surface area contributed by atoms with Gasteiger partial charge in [0.25, 0.3) is 0 Å². The molecule has 1 saturated heterocycles. The molecule has 110 valence electrons. The maximum Gasteiger partial charge on any atom is 0.0593 e. The van der Waals surface area contributed by atoms with Crippen molar-refractivity contribution < 1.29 is 4.74 Å². The van der Waals surface area contributed by atoms with Gasteiger partial charge in [0.05, 0.1) is 6.61 Å². The molecule has 3 nitrogen and oxygen atoms in total. The second-order valence-electron chi connectivity index (χ2n) is 6.09. The number of nitrogens with zero attached hydrogens (tertiary/aromatic N) is 1. The van der Waals surface area contributed by atoms with Crippen LogP contribution in [0.5, 0.6) is 0 Å². The monoisotopic (exact) mass is 274 g/mol. The van der Waals surface area contributed by atoms with Crippen molar-refractivity contribution >= 4 is 0 Å². The maximum atomic E-state index is 5.78. The van der Waals surface area contributed by atoms with Gasteiger partial charge < -0.3 is 10.1 Å². The zero-order valence-electron chi connectivity index (χ0n) is 12.3. The molecular formula is C17H26N2O. The molecule has 1 aliphatic heterocycles. The van der Waals surface area contributed by atoms with Crippen LogP contribution in [0.1, 0.15) is 30.9 Å². The summed E-state index contributed by atoms with van der Waals surface area (Å²) in [6, 6.07) is 11.3. The lowest BCUT2D eigenvalue weighted by Gasteiger charge is -2.24. The van der Waals surface area contributed by atoms with Crippen molar-refractivity contribution in [2.24, 2.45) is 5.92 Å². The maximum absolute atomic E-state index is 5.78. The summed E-state index contributed by atoms with van der Waals surface area (Å²) in [6.07, 6.45) is 3.99. The van der Waals surface area contributed by atoms with Crippen molar-refractivity contribution in [1.82, 2.24) is 10.2 Å². The van der Waals surface area contributed by atoms with E-state index in [1.807, 2.05) is 0 Å². The first-order valence-corrected chi connectivity index (χ1v) is 8.00. The zero-order valence-corrected chi connectivity index (χ0v) is 12.3. The van der Waals surface area contributed by atoms with Gasteiger partial charge in [-0.15, -0.1) is 0 Å². The van der Waals surface area contributed by atoms with Crippen LogP contribution in [0.2, 0.25) is 0 Å². The molecule has 1 saturated carbocycles. The first-order chi connectivity index (χ1) is 9.92. The third kappa shape index (κ3) is 4.30. The van der Waals surface area contributed by atoms with Crippen molar-refractivity contribution in [3.8, 4) is 0 Å². The molecule has 1 N–H and O–H groups in total. The Hall–Kier alpha value is -0.900. The van der Waals surface area contributed by atoms with Gasteiger partial charge in [-0.3, -0.25) is 4.90 Å². The van der Waals surface area contributed by atoms with E-state index in [1.54, 1.807) is 0 Å². The van der Waals surface area contributed by atoms with Gasteiger partial charge in [-0.1, -0.05) is 30.3 Å². The van der Waals surface area contributed by atoms with E-state index in [2.05, 4.69) is 40.5 Å². The predicted octanol–water partition coefficient (Wildman–Crippen LogP) is 2.45. The number of benzene rings is 1.